The van der Waals surface area contributed by atoms with Crippen LogP contribution in [0.25, 0.3) is 0 Å². The second-order valence-corrected chi connectivity index (χ2v) is 8.73. The molecule has 2 aliphatic heterocycles. The monoisotopic (exact) mass is 440 g/mol. The Kier molecular flexibility index (Phi) is 6.02. The van der Waals surface area contributed by atoms with Gasteiger partial charge in [0.2, 0.25) is 5.88 Å². The van der Waals surface area contributed by atoms with E-state index in [4.69, 9.17) is 14.2 Å². The summed E-state index contributed by atoms with van der Waals surface area (Å²) in [6, 6.07) is 7.32. The van der Waals surface area contributed by atoms with Gasteiger partial charge in [-0.25, -0.2) is 4.79 Å². The summed E-state index contributed by atoms with van der Waals surface area (Å²) in [6.07, 6.45) is 6.82. The first-order chi connectivity index (χ1) is 15.7. The molecule has 2 aromatic rings. The second-order valence-electron chi connectivity index (χ2n) is 8.73. The highest BCUT2D eigenvalue weighted by atomic mass is 16.6. The van der Waals surface area contributed by atoms with E-state index >= 15 is 0 Å². The van der Waals surface area contributed by atoms with E-state index in [1.165, 1.54) is 0 Å². The summed E-state index contributed by atoms with van der Waals surface area (Å²) in [7, 11) is 0. The van der Waals surface area contributed by atoms with Crippen molar-refractivity contribution < 1.29 is 19.0 Å². The van der Waals surface area contributed by atoms with Gasteiger partial charge in [0.05, 0.1) is 19.8 Å². The molecule has 10 heteroatoms. The first-order valence-electron chi connectivity index (χ1n) is 11.3. The lowest BCUT2D eigenvalue weighted by atomic mass is 9.78. The minimum Gasteiger partial charge on any atom is -0.473 e. The molecule has 0 aromatic carbocycles. The number of hydrogen-bond acceptors (Lipinski definition) is 9. The predicted molar refractivity (Wildman–Crippen MR) is 116 cm³/mol. The van der Waals surface area contributed by atoms with Crippen LogP contribution in [0.3, 0.4) is 0 Å². The molecular weight excluding hydrogens is 412 g/mol. The molecule has 1 saturated carbocycles. The van der Waals surface area contributed by atoms with E-state index in [-0.39, 0.29) is 12.2 Å². The number of amides is 1. The molecule has 32 heavy (non-hydrogen) atoms. The summed E-state index contributed by atoms with van der Waals surface area (Å²) in [5, 5.41) is 19.7. The van der Waals surface area contributed by atoms with Gasteiger partial charge in [-0.1, -0.05) is 0 Å². The Morgan fingerprint density at radius 1 is 1.09 bits per heavy atom. The number of carbonyl (C=O) groups is 1. The molecule has 2 aromatic heterocycles. The van der Waals surface area contributed by atoms with E-state index in [2.05, 4.69) is 25.7 Å². The van der Waals surface area contributed by atoms with Gasteiger partial charge in [0.25, 0.3) is 0 Å². The van der Waals surface area contributed by atoms with Crippen LogP contribution in [0.2, 0.25) is 0 Å². The third-order valence-electron chi connectivity index (χ3n) is 6.49. The van der Waals surface area contributed by atoms with Crippen LogP contribution < -0.4 is 15.0 Å². The molecule has 0 unspecified atom stereocenters. The van der Waals surface area contributed by atoms with E-state index in [1.54, 1.807) is 23.2 Å². The maximum atomic E-state index is 12.4. The zero-order valence-corrected chi connectivity index (χ0v) is 18.0. The number of nitrogens with zero attached hydrogens (tertiary/aromatic N) is 5. The zero-order chi connectivity index (χ0) is 21.8. The van der Waals surface area contributed by atoms with Crippen molar-refractivity contribution >= 4 is 17.7 Å². The molecule has 0 bridgehead atoms. The molecule has 1 aliphatic carbocycles. The molecule has 4 heterocycles. The van der Waals surface area contributed by atoms with E-state index < -0.39 is 5.60 Å². The Balaban J connectivity index is 1.08. The fraction of sp³-hybridized carbons (Fsp3) is 0.591. The average molecular weight is 441 g/mol. The minimum absolute atomic E-state index is 0.154. The molecule has 1 amide bonds. The third-order valence-corrected chi connectivity index (χ3v) is 6.49. The lowest BCUT2D eigenvalue weighted by Gasteiger charge is -2.35. The third kappa shape index (κ3) is 4.74. The van der Waals surface area contributed by atoms with E-state index in [0.717, 1.165) is 64.1 Å². The lowest BCUT2D eigenvalue weighted by molar-refractivity contribution is 0.0148. The SMILES string of the molecule is O=C1OC2(CCC(CNc3ccc(OC4CCOCC4)nn3)CC2)CN1c1cccnn1. The predicted octanol–water partition coefficient (Wildman–Crippen LogP) is 2.82. The van der Waals surface area contributed by atoms with Crippen molar-refractivity contribution in [3.05, 3.63) is 30.5 Å². The maximum absolute atomic E-state index is 12.4. The van der Waals surface area contributed by atoms with Crippen LogP contribution in [0.1, 0.15) is 38.5 Å². The summed E-state index contributed by atoms with van der Waals surface area (Å²) in [6.45, 7) is 2.81. The lowest BCUT2D eigenvalue weighted by Crippen LogP contribution is -2.39. The Hall–Kier alpha value is -3.01. The normalized spacial score (nSPS) is 26.2. The fourth-order valence-electron chi connectivity index (χ4n) is 4.60. The highest BCUT2D eigenvalue weighted by Crippen LogP contribution is 2.40. The number of hydrogen-bond donors (Lipinski definition) is 1. The van der Waals surface area contributed by atoms with Crippen LogP contribution in [0.4, 0.5) is 16.4 Å². The first-order valence-corrected chi connectivity index (χ1v) is 11.3. The van der Waals surface area contributed by atoms with Crippen LogP contribution in [0.15, 0.2) is 30.5 Å². The van der Waals surface area contributed by atoms with Gasteiger partial charge in [0.1, 0.15) is 17.5 Å². The zero-order valence-electron chi connectivity index (χ0n) is 18.0. The second kappa shape index (κ2) is 9.23. The first kappa shape index (κ1) is 20.9. The van der Waals surface area contributed by atoms with Crippen LogP contribution in [-0.2, 0) is 9.47 Å². The molecule has 0 radical (unpaired) electrons. The Morgan fingerprint density at radius 3 is 2.66 bits per heavy atom. The number of aromatic nitrogens is 4. The summed E-state index contributed by atoms with van der Waals surface area (Å²) in [5.41, 5.74) is -0.423. The minimum atomic E-state index is -0.423. The summed E-state index contributed by atoms with van der Waals surface area (Å²) < 4.78 is 17.0. The molecule has 10 nitrogen and oxygen atoms in total. The molecular formula is C22H28N6O4. The Morgan fingerprint density at radius 2 is 1.94 bits per heavy atom. The van der Waals surface area contributed by atoms with Crippen molar-refractivity contribution in [2.24, 2.45) is 5.92 Å². The molecule has 170 valence electrons. The van der Waals surface area contributed by atoms with E-state index in [0.29, 0.717) is 24.2 Å². The van der Waals surface area contributed by atoms with Gasteiger partial charge in [0, 0.05) is 31.6 Å². The average Bonchev–Trinajstić information content (AvgIpc) is 3.16. The van der Waals surface area contributed by atoms with E-state index in [9.17, 15) is 4.79 Å². The topological polar surface area (TPSA) is 112 Å². The Bertz CT molecular complexity index is 898. The van der Waals surface area contributed by atoms with Gasteiger partial charge in [-0.15, -0.1) is 15.3 Å². The van der Waals surface area contributed by atoms with Gasteiger partial charge >= 0.3 is 6.09 Å². The van der Waals surface area contributed by atoms with Crippen molar-refractivity contribution in [3.63, 3.8) is 0 Å². The molecule has 3 fully saturated rings. The summed E-state index contributed by atoms with van der Waals surface area (Å²) in [4.78, 5) is 14.0. The van der Waals surface area contributed by atoms with Crippen LogP contribution in [0, 0.1) is 5.92 Å². The molecule has 1 spiro atoms. The van der Waals surface area contributed by atoms with Crippen molar-refractivity contribution in [2.45, 2.75) is 50.2 Å². The van der Waals surface area contributed by atoms with Crippen molar-refractivity contribution in [2.75, 3.05) is 36.5 Å². The molecule has 2 saturated heterocycles. The molecule has 5 rings (SSSR count). The number of carbonyl (C=O) groups excluding carboxylic acids is 1. The largest absolute Gasteiger partial charge is 0.473 e. The van der Waals surface area contributed by atoms with Crippen molar-refractivity contribution in [1.29, 1.82) is 0 Å². The molecule has 0 atom stereocenters. The quantitative estimate of drug-likeness (QED) is 0.724. The summed E-state index contributed by atoms with van der Waals surface area (Å²) in [5.74, 6) is 2.33. The number of rotatable bonds is 6. The molecule has 3 aliphatic rings. The van der Waals surface area contributed by atoms with Gasteiger partial charge in [-0.05, 0) is 49.8 Å². The number of nitrogens with one attached hydrogen (secondary N) is 1. The fourth-order valence-corrected chi connectivity index (χ4v) is 4.60. The number of ether oxygens (including phenoxy) is 3. The number of anilines is 2. The van der Waals surface area contributed by atoms with Crippen molar-refractivity contribution in [3.8, 4) is 5.88 Å². The van der Waals surface area contributed by atoms with Gasteiger partial charge in [-0.3, -0.25) is 4.90 Å². The molecule has 1 N–H and O–H groups in total. The van der Waals surface area contributed by atoms with Crippen molar-refractivity contribution in [1.82, 2.24) is 20.4 Å². The highest BCUT2D eigenvalue weighted by molar-refractivity contribution is 5.89. The maximum Gasteiger partial charge on any atom is 0.416 e. The van der Waals surface area contributed by atoms with Crippen LogP contribution >= 0.6 is 0 Å². The highest BCUT2D eigenvalue weighted by Gasteiger charge is 2.48. The summed E-state index contributed by atoms with van der Waals surface area (Å²) >= 11 is 0. The standard InChI is InChI=1S/C22H28N6O4/c29-21-28(19-2-1-11-24-26-19)15-22(32-21)9-5-16(6-10-22)14-23-18-3-4-20(27-25-18)31-17-7-12-30-13-8-17/h1-4,11,16-17H,5-10,12-15H2,(H,23,25). The van der Waals surface area contributed by atoms with Crippen LogP contribution in [0.5, 0.6) is 5.88 Å². The van der Waals surface area contributed by atoms with Crippen LogP contribution in [-0.4, -0.2) is 64.5 Å². The van der Waals surface area contributed by atoms with Gasteiger partial charge in [-0.2, -0.15) is 5.10 Å². The van der Waals surface area contributed by atoms with Gasteiger partial charge in [0.15, 0.2) is 5.82 Å². The smallest absolute Gasteiger partial charge is 0.416 e. The van der Waals surface area contributed by atoms with E-state index in [1.807, 2.05) is 12.1 Å². The van der Waals surface area contributed by atoms with Gasteiger partial charge < -0.3 is 19.5 Å². The Labute approximate surface area is 186 Å².